The topological polar surface area (TPSA) is 58.0 Å². The van der Waals surface area contributed by atoms with Crippen molar-refractivity contribution in [3.63, 3.8) is 0 Å². The van der Waals surface area contributed by atoms with Crippen molar-refractivity contribution in [1.82, 2.24) is 14.9 Å². The summed E-state index contributed by atoms with van der Waals surface area (Å²) < 4.78 is 0. The van der Waals surface area contributed by atoms with Crippen molar-refractivity contribution < 1.29 is 5.32 Å². The minimum absolute atomic E-state index is 0.0528. The summed E-state index contributed by atoms with van der Waals surface area (Å²) >= 11 is 0. The molecule has 5 nitrogen and oxygen atoms in total. The van der Waals surface area contributed by atoms with Crippen LogP contribution in [-0.2, 0) is 0 Å². The van der Waals surface area contributed by atoms with Crippen LogP contribution >= 0.6 is 0 Å². The maximum atomic E-state index is 5.28. The van der Waals surface area contributed by atoms with Gasteiger partial charge in [-0.15, -0.1) is 0 Å². The molecule has 0 spiro atoms. The molecule has 0 fully saturated rings. The molecule has 2 atom stereocenters. The number of fused-ring (bicyclic) bond motifs is 5. The van der Waals surface area contributed by atoms with Crippen LogP contribution in [0.5, 0.6) is 0 Å². The Morgan fingerprint density at radius 1 is 0.472 bits per heavy atom. The molecule has 0 saturated carbocycles. The minimum Gasteiger partial charge on any atom is -0.277 e. The second-order valence-electron chi connectivity index (χ2n) is 13.9. The molecule has 0 aliphatic carbocycles. The highest BCUT2D eigenvalue weighted by Gasteiger charge is 2.35. The molecule has 2 aromatic heterocycles. The lowest BCUT2D eigenvalue weighted by Gasteiger charge is -2.35. The number of benzene rings is 7. The van der Waals surface area contributed by atoms with E-state index in [0.717, 1.165) is 55.7 Å². The molecule has 9 aromatic rings. The Balaban J connectivity index is 1.03. The molecule has 0 radical (unpaired) electrons. The van der Waals surface area contributed by atoms with E-state index < -0.39 is 0 Å². The van der Waals surface area contributed by atoms with Gasteiger partial charge in [0.2, 0.25) is 5.84 Å². The first-order valence-corrected chi connectivity index (χ1v) is 18.1. The first kappa shape index (κ1) is 31.2. The summed E-state index contributed by atoms with van der Waals surface area (Å²) in [5.41, 5.74) is 9.46. The van der Waals surface area contributed by atoms with Crippen molar-refractivity contribution in [1.29, 1.82) is 0 Å². The third kappa shape index (κ3) is 5.64. The molecule has 7 aromatic carbocycles. The summed E-state index contributed by atoms with van der Waals surface area (Å²) in [5.74, 6) is 0.899. The van der Waals surface area contributed by atoms with E-state index in [4.69, 9.17) is 15.0 Å². The van der Waals surface area contributed by atoms with E-state index in [1.165, 1.54) is 32.7 Å². The molecular formula is C48H36N5+. The number of pyridine rings is 2. The average molecular weight is 683 g/mol. The molecule has 1 aliphatic rings. The minimum atomic E-state index is -0.135. The molecule has 10 rings (SSSR count). The SMILES string of the molecule is CN1C(c2ccccc2)N=C(c2ccc3ccc(-c4ccc5ccc(-c6cc7ccccc7c7ccccc67)cc5n4)cc3n2)[NH2+]C1c1ccccc1. The summed E-state index contributed by atoms with van der Waals surface area (Å²) in [6.45, 7) is 0. The molecule has 2 unspecified atom stereocenters. The summed E-state index contributed by atoms with van der Waals surface area (Å²) in [5, 5.41) is 9.45. The maximum absolute atomic E-state index is 5.28. The predicted octanol–water partition coefficient (Wildman–Crippen LogP) is 10.1. The Hall–Kier alpha value is -6.53. The van der Waals surface area contributed by atoms with Gasteiger partial charge < -0.3 is 0 Å². The maximum Gasteiger partial charge on any atom is 0.249 e. The third-order valence-corrected chi connectivity index (χ3v) is 10.7. The van der Waals surface area contributed by atoms with E-state index in [-0.39, 0.29) is 12.3 Å². The van der Waals surface area contributed by atoms with Crippen LogP contribution in [0.4, 0.5) is 0 Å². The number of hydrogen-bond acceptors (Lipinski definition) is 4. The molecule has 2 N–H and O–H groups in total. The van der Waals surface area contributed by atoms with E-state index >= 15 is 0 Å². The second-order valence-corrected chi connectivity index (χ2v) is 13.9. The number of quaternary nitrogens is 1. The van der Waals surface area contributed by atoms with Crippen molar-refractivity contribution in [2.45, 2.75) is 12.3 Å². The van der Waals surface area contributed by atoms with Crippen LogP contribution in [0, 0.1) is 0 Å². The summed E-state index contributed by atoms with van der Waals surface area (Å²) in [4.78, 5) is 18.1. The number of nitrogens with zero attached hydrogens (tertiary/aromatic N) is 4. The number of amidine groups is 1. The van der Waals surface area contributed by atoms with Gasteiger partial charge in [0.1, 0.15) is 11.9 Å². The Kier molecular flexibility index (Phi) is 7.60. The van der Waals surface area contributed by atoms with Gasteiger partial charge in [-0.2, -0.15) is 0 Å². The van der Waals surface area contributed by atoms with Gasteiger partial charge in [0, 0.05) is 21.9 Å². The summed E-state index contributed by atoms with van der Waals surface area (Å²) in [6.07, 6.45) is -0.0819. The molecule has 1 aliphatic heterocycles. The number of nitrogens with two attached hydrogens (primary N) is 1. The first-order valence-electron chi connectivity index (χ1n) is 18.1. The van der Waals surface area contributed by atoms with Crippen LogP contribution in [0.25, 0.3) is 65.7 Å². The Morgan fingerprint density at radius 2 is 1.04 bits per heavy atom. The molecule has 3 heterocycles. The summed E-state index contributed by atoms with van der Waals surface area (Å²) in [6, 6.07) is 62.4. The van der Waals surface area contributed by atoms with Gasteiger partial charge in [0.15, 0.2) is 6.17 Å². The molecular weight excluding hydrogens is 647 g/mol. The van der Waals surface area contributed by atoms with Crippen LogP contribution < -0.4 is 5.32 Å². The Morgan fingerprint density at radius 3 is 1.79 bits per heavy atom. The molecule has 5 heteroatoms. The van der Waals surface area contributed by atoms with E-state index in [1.54, 1.807) is 0 Å². The summed E-state index contributed by atoms with van der Waals surface area (Å²) in [7, 11) is 2.15. The van der Waals surface area contributed by atoms with Gasteiger partial charge in [0.25, 0.3) is 0 Å². The number of aromatic nitrogens is 2. The van der Waals surface area contributed by atoms with E-state index in [9.17, 15) is 0 Å². The number of rotatable bonds is 5. The fourth-order valence-electron chi connectivity index (χ4n) is 7.91. The fraction of sp³-hybridized carbons (Fsp3) is 0.0625. The highest BCUT2D eigenvalue weighted by molar-refractivity contribution is 6.14. The van der Waals surface area contributed by atoms with Gasteiger partial charge in [-0.05, 0) is 75.6 Å². The zero-order valence-corrected chi connectivity index (χ0v) is 29.3. The number of hydrogen-bond donors (Lipinski definition) is 1. The highest BCUT2D eigenvalue weighted by Crippen LogP contribution is 2.36. The smallest absolute Gasteiger partial charge is 0.249 e. The first-order chi connectivity index (χ1) is 26.2. The predicted molar refractivity (Wildman–Crippen MR) is 218 cm³/mol. The Bertz CT molecular complexity index is 2850. The quantitative estimate of drug-likeness (QED) is 0.184. The van der Waals surface area contributed by atoms with Gasteiger partial charge >= 0.3 is 0 Å². The third-order valence-electron chi connectivity index (χ3n) is 10.7. The normalized spacial score (nSPS) is 16.4. The van der Waals surface area contributed by atoms with Crippen molar-refractivity contribution >= 4 is 49.2 Å². The standard InChI is InChI=1S/C48H35N5/c1-53-47(33-12-4-2-5-13-33)51-46(52-48(53)34-14-6-3-7-15-34)43-27-25-32-21-23-37(30-45(32)50-43)42-26-24-31-20-22-36(29-44(31)49-42)41-28-35-16-8-9-17-38(35)39-18-10-11-19-40(39)41/h2-30,47-48H,1H3,(H,51,52)/p+1. The highest BCUT2D eigenvalue weighted by atomic mass is 15.4. The monoisotopic (exact) mass is 682 g/mol. The lowest BCUT2D eigenvalue weighted by atomic mass is 9.93. The van der Waals surface area contributed by atoms with Gasteiger partial charge in [-0.3, -0.25) is 5.32 Å². The largest absolute Gasteiger partial charge is 0.277 e. The zero-order valence-electron chi connectivity index (χ0n) is 29.3. The Labute approximate surface area is 307 Å². The van der Waals surface area contributed by atoms with Gasteiger partial charge in [0.05, 0.1) is 16.7 Å². The van der Waals surface area contributed by atoms with Crippen molar-refractivity contribution in [2.75, 3.05) is 7.05 Å². The molecule has 252 valence electrons. The zero-order chi connectivity index (χ0) is 35.3. The van der Waals surface area contributed by atoms with Crippen LogP contribution in [0.15, 0.2) is 181 Å². The molecule has 0 amide bonds. The van der Waals surface area contributed by atoms with Crippen LogP contribution in [0.2, 0.25) is 0 Å². The van der Waals surface area contributed by atoms with E-state index in [2.05, 4.69) is 193 Å². The molecule has 0 bridgehead atoms. The van der Waals surface area contributed by atoms with E-state index in [1.807, 2.05) is 0 Å². The second kappa shape index (κ2) is 12.9. The average Bonchev–Trinajstić information content (AvgIpc) is 3.23. The van der Waals surface area contributed by atoms with Crippen molar-refractivity contribution in [3.05, 3.63) is 193 Å². The lowest BCUT2D eigenvalue weighted by Crippen LogP contribution is -2.93. The number of aliphatic imine (C=N–C) groups is 1. The van der Waals surface area contributed by atoms with Gasteiger partial charge in [-0.25, -0.2) is 19.9 Å². The van der Waals surface area contributed by atoms with Crippen molar-refractivity contribution in [3.8, 4) is 22.4 Å². The van der Waals surface area contributed by atoms with E-state index in [0.29, 0.717) is 0 Å². The fourth-order valence-corrected chi connectivity index (χ4v) is 7.91. The molecule has 0 saturated heterocycles. The molecule has 53 heavy (non-hydrogen) atoms. The lowest BCUT2D eigenvalue weighted by molar-refractivity contribution is -0.621. The van der Waals surface area contributed by atoms with Crippen molar-refractivity contribution in [2.24, 2.45) is 4.99 Å². The van der Waals surface area contributed by atoms with Gasteiger partial charge in [-0.1, -0.05) is 146 Å². The van der Waals surface area contributed by atoms with Crippen LogP contribution in [-0.4, -0.2) is 27.8 Å². The van der Waals surface area contributed by atoms with Crippen LogP contribution in [0.1, 0.15) is 29.2 Å². The van der Waals surface area contributed by atoms with Crippen LogP contribution in [0.3, 0.4) is 0 Å².